The Kier molecular flexibility index (Phi) is 5.77. The normalized spacial score (nSPS) is 16.9. The highest BCUT2D eigenvalue weighted by molar-refractivity contribution is 5.87. The molecule has 0 unspecified atom stereocenters. The molecule has 120 valence electrons. The molecule has 1 aliphatic heterocycles. The fraction of sp³-hybridized carbons (Fsp3) is 0.500. The molecule has 1 fully saturated rings. The molecule has 1 aromatic rings. The largest absolute Gasteiger partial charge is 0.484 e. The summed E-state index contributed by atoms with van der Waals surface area (Å²) in [4.78, 5) is 28.1. The van der Waals surface area contributed by atoms with Crippen LogP contribution < -0.4 is 10.1 Å². The van der Waals surface area contributed by atoms with E-state index in [9.17, 15) is 9.59 Å². The lowest BCUT2D eigenvalue weighted by atomic mass is 10.2. The number of benzene rings is 1. The fourth-order valence-electron chi connectivity index (χ4n) is 2.31. The molecule has 1 N–H and O–H groups in total. The lowest BCUT2D eigenvalue weighted by Crippen LogP contribution is -2.53. The maximum Gasteiger partial charge on any atom is 0.258 e. The van der Waals surface area contributed by atoms with E-state index < -0.39 is 6.04 Å². The van der Waals surface area contributed by atoms with E-state index in [1.807, 2.05) is 25.2 Å². The number of para-hydroxylation sites is 1. The van der Waals surface area contributed by atoms with Crippen molar-refractivity contribution in [3.05, 3.63) is 30.3 Å². The minimum absolute atomic E-state index is 0.0406. The van der Waals surface area contributed by atoms with E-state index in [0.717, 1.165) is 13.1 Å². The van der Waals surface area contributed by atoms with Crippen LogP contribution in [-0.4, -0.2) is 67.5 Å². The van der Waals surface area contributed by atoms with Gasteiger partial charge < -0.3 is 19.9 Å². The molecule has 2 amide bonds. The summed E-state index contributed by atoms with van der Waals surface area (Å²) in [5.41, 5.74) is 0. The van der Waals surface area contributed by atoms with Gasteiger partial charge in [0.1, 0.15) is 11.8 Å². The Labute approximate surface area is 131 Å². The van der Waals surface area contributed by atoms with Crippen LogP contribution in [0, 0.1) is 0 Å². The van der Waals surface area contributed by atoms with Crippen molar-refractivity contribution in [1.82, 2.24) is 15.1 Å². The van der Waals surface area contributed by atoms with E-state index in [1.165, 1.54) is 0 Å². The van der Waals surface area contributed by atoms with Crippen molar-refractivity contribution in [2.24, 2.45) is 0 Å². The maximum absolute atomic E-state index is 12.3. The SMILES string of the molecule is C[C@@H](NC(=O)COc1ccccc1)C(=O)N1CCN(C)CC1. The summed E-state index contributed by atoms with van der Waals surface area (Å²) in [6.45, 7) is 4.75. The summed E-state index contributed by atoms with van der Waals surface area (Å²) in [6, 6.07) is 8.59. The highest BCUT2D eigenvalue weighted by atomic mass is 16.5. The molecule has 6 heteroatoms. The number of carbonyl (C=O) groups is 2. The lowest BCUT2D eigenvalue weighted by Gasteiger charge is -2.34. The number of likely N-dealkylation sites (N-methyl/N-ethyl adjacent to an activating group) is 1. The third-order valence-electron chi connectivity index (χ3n) is 3.68. The second-order valence-corrected chi connectivity index (χ2v) is 5.52. The number of ether oxygens (including phenoxy) is 1. The molecule has 22 heavy (non-hydrogen) atoms. The molecule has 1 atom stereocenters. The molecular formula is C16H23N3O3. The van der Waals surface area contributed by atoms with E-state index in [2.05, 4.69) is 10.2 Å². The van der Waals surface area contributed by atoms with E-state index in [1.54, 1.807) is 24.0 Å². The zero-order valence-electron chi connectivity index (χ0n) is 13.1. The average Bonchev–Trinajstić information content (AvgIpc) is 2.54. The first-order valence-corrected chi connectivity index (χ1v) is 7.51. The van der Waals surface area contributed by atoms with Crippen molar-refractivity contribution < 1.29 is 14.3 Å². The highest BCUT2D eigenvalue weighted by Crippen LogP contribution is 2.07. The first-order chi connectivity index (χ1) is 10.6. The summed E-state index contributed by atoms with van der Waals surface area (Å²) in [5.74, 6) is 0.302. The van der Waals surface area contributed by atoms with Crippen molar-refractivity contribution in [2.75, 3.05) is 39.8 Å². The molecule has 6 nitrogen and oxygen atoms in total. The Hall–Kier alpha value is -2.08. The summed E-state index contributed by atoms with van der Waals surface area (Å²) in [6.07, 6.45) is 0. The van der Waals surface area contributed by atoms with E-state index in [0.29, 0.717) is 18.8 Å². The van der Waals surface area contributed by atoms with E-state index in [-0.39, 0.29) is 18.4 Å². The van der Waals surface area contributed by atoms with Crippen LogP contribution in [0.4, 0.5) is 0 Å². The van der Waals surface area contributed by atoms with Gasteiger partial charge in [-0.05, 0) is 26.1 Å². The molecule has 1 aliphatic rings. The average molecular weight is 305 g/mol. The van der Waals surface area contributed by atoms with Gasteiger partial charge in [0.2, 0.25) is 5.91 Å². The Bertz CT molecular complexity index is 499. The highest BCUT2D eigenvalue weighted by Gasteiger charge is 2.24. The molecule has 0 spiro atoms. The molecule has 1 heterocycles. The summed E-state index contributed by atoms with van der Waals surface area (Å²) >= 11 is 0. The number of piperazine rings is 1. The van der Waals surface area contributed by atoms with Crippen LogP contribution in [0.15, 0.2) is 30.3 Å². The molecule has 0 bridgehead atoms. The van der Waals surface area contributed by atoms with Gasteiger partial charge >= 0.3 is 0 Å². The predicted molar refractivity (Wildman–Crippen MR) is 83.6 cm³/mol. The molecule has 1 aromatic carbocycles. The van der Waals surface area contributed by atoms with E-state index >= 15 is 0 Å². The number of amides is 2. The van der Waals surface area contributed by atoms with Crippen LogP contribution in [0.2, 0.25) is 0 Å². The Morgan fingerprint density at radius 3 is 2.45 bits per heavy atom. The Balaban J connectivity index is 1.74. The van der Waals surface area contributed by atoms with Gasteiger partial charge in [-0.1, -0.05) is 18.2 Å². The molecule has 0 saturated carbocycles. The molecule has 0 radical (unpaired) electrons. The zero-order valence-corrected chi connectivity index (χ0v) is 13.1. The van der Waals surface area contributed by atoms with E-state index in [4.69, 9.17) is 4.74 Å². The van der Waals surface area contributed by atoms with Gasteiger partial charge in [0.15, 0.2) is 6.61 Å². The van der Waals surface area contributed by atoms with Gasteiger partial charge in [-0.15, -0.1) is 0 Å². The lowest BCUT2D eigenvalue weighted by molar-refractivity contribution is -0.137. The molecular weight excluding hydrogens is 282 g/mol. The maximum atomic E-state index is 12.3. The van der Waals surface area contributed by atoms with Gasteiger partial charge in [0.05, 0.1) is 0 Å². The van der Waals surface area contributed by atoms with Crippen LogP contribution in [-0.2, 0) is 9.59 Å². The Morgan fingerprint density at radius 2 is 1.82 bits per heavy atom. The number of hydrogen-bond donors (Lipinski definition) is 1. The van der Waals surface area contributed by atoms with Crippen molar-refractivity contribution in [3.8, 4) is 5.75 Å². The smallest absolute Gasteiger partial charge is 0.258 e. The predicted octanol–water partition coefficient (Wildman–Crippen LogP) is 0.344. The third kappa shape index (κ3) is 4.73. The van der Waals surface area contributed by atoms with Gasteiger partial charge in [-0.25, -0.2) is 0 Å². The zero-order chi connectivity index (χ0) is 15.9. The van der Waals surface area contributed by atoms with Crippen molar-refractivity contribution in [2.45, 2.75) is 13.0 Å². The number of nitrogens with one attached hydrogen (secondary N) is 1. The van der Waals surface area contributed by atoms with Crippen LogP contribution in [0.1, 0.15) is 6.92 Å². The second kappa shape index (κ2) is 7.79. The standard InChI is InChI=1S/C16H23N3O3/c1-13(16(21)19-10-8-18(2)9-11-19)17-15(20)12-22-14-6-4-3-5-7-14/h3-7,13H,8-12H2,1-2H3,(H,17,20)/t13-/m1/s1. The molecule has 1 saturated heterocycles. The van der Waals surface area contributed by atoms with Gasteiger partial charge in [0.25, 0.3) is 5.91 Å². The van der Waals surface area contributed by atoms with Crippen LogP contribution in [0.25, 0.3) is 0 Å². The molecule has 0 aromatic heterocycles. The van der Waals surface area contributed by atoms with Crippen LogP contribution >= 0.6 is 0 Å². The summed E-state index contributed by atoms with van der Waals surface area (Å²) in [5, 5.41) is 2.69. The number of nitrogens with zero attached hydrogens (tertiary/aromatic N) is 2. The van der Waals surface area contributed by atoms with Gasteiger partial charge in [0, 0.05) is 26.2 Å². The monoisotopic (exact) mass is 305 g/mol. The topological polar surface area (TPSA) is 61.9 Å². The minimum Gasteiger partial charge on any atom is -0.484 e. The summed E-state index contributed by atoms with van der Waals surface area (Å²) in [7, 11) is 2.04. The first-order valence-electron chi connectivity index (χ1n) is 7.51. The van der Waals surface area contributed by atoms with Crippen molar-refractivity contribution >= 4 is 11.8 Å². The quantitative estimate of drug-likeness (QED) is 0.852. The first kappa shape index (κ1) is 16.3. The van der Waals surface area contributed by atoms with Crippen LogP contribution in [0.3, 0.4) is 0 Å². The number of rotatable bonds is 5. The molecule has 0 aliphatic carbocycles. The third-order valence-corrected chi connectivity index (χ3v) is 3.68. The number of carbonyl (C=O) groups excluding carboxylic acids is 2. The van der Waals surface area contributed by atoms with Gasteiger partial charge in [-0.2, -0.15) is 0 Å². The fourth-order valence-corrected chi connectivity index (χ4v) is 2.31. The van der Waals surface area contributed by atoms with Gasteiger partial charge in [-0.3, -0.25) is 9.59 Å². The summed E-state index contributed by atoms with van der Waals surface area (Å²) < 4.78 is 5.36. The minimum atomic E-state index is -0.532. The number of hydrogen-bond acceptors (Lipinski definition) is 4. The van der Waals surface area contributed by atoms with Crippen molar-refractivity contribution in [3.63, 3.8) is 0 Å². The second-order valence-electron chi connectivity index (χ2n) is 5.52. The van der Waals surface area contributed by atoms with Crippen molar-refractivity contribution in [1.29, 1.82) is 0 Å². The van der Waals surface area contributed by atoms with Crippen LogP contribution in [0.5, 0.6) is 5.75 Å². The Morgan fingerprint density at radius 1 is 1.18 bits per heavy atom. The molecule has 2 rings (SSSR count).